The van der Waals surface area contributed by atoms with Crippen LogP contribution in [-0.2, 0) is 4.79 Å². The van der Waals surface area contributed by atoms with Crippen LogP contribution in [0.15, 0.2) is 18.2 Å². The van der Waals surface area contributed by atoms with Gasteiger partial charge < -0.3 is 10.2 Å². The maximum atomic E-state index is 12.2. The van der Waals surface area contributed by atoms with E-state index in [1.165, 1.54) is 4.90 Å². The van der Waals surface area contributed by atoms with Crippen molar-refractivity contribution in [1.29, 1.82) is 0 Å². The number of nitrogens with one attached hydrogen (secondary N) is 1. The second-order valence-corrected chi connectivity index (χ2v) is 4.71. The second-order valence-electron chi connectivity index (χ2n) is 4.71. The van der Waals surface area contributed by atoms with Crippen molar-refractivity contribution in [3.63, 3.8) is 0 Å². The molecule has 19 heavy (non-hydrogen) atoms. The van der Waals surface area contributed by atoms with E-state index in [-0.39, 0.29) is 24.4 Å². The lowest BCUT2D eigenvalue weighted by molar-refractivity contribution is -0.122. The first kappa shape index (κ1) is 15.1. The van der Waals surface area contributed by atoms with Gasteiger partial charge in [0.15, 0.2) is 0 Å². The molecule has 104 valence electrons. The van der Waals surface area contributed by atoms with Crippen LogP contribution < -0.4 is 5.32 Å². The Balaban J connectivity index is 2.74. The molecule has 1 heterocycles. The molecule has 1 aromatic rings. The molecule has 2 amide bonds. The quantitative estimate of drug-likeness (QED) is 0.873. The number of amides is 2. The van der Waals surface area contributed by atoms with Gasteiger partial charge in [-0.25, -0.2) is 4.98 Å². The number of carbonyl (C=O) groups is 2. The van der Waals surface area contributed by atoms with E-state index < -0.39 is 0 Å². The molecular weight excluding hydrogens is 242 g/mol. The van der Waals surface area contributed by atoms with Crippen molar-refractivity contribution >= 4 is 11.8 Å². The Morgan fingerprint density at radius 2 is 2.05 bits per heavy atom. The maximum absolute atomic E-state index is 12.2. The smallest absolute Gasteiger partial charge is 0.272 e. The van der Waals surface area contributed by atoms with Gasteiger partial charge in [0.1, 0.15) is 5.69 Å². The number of pyridine rings is 1. The minimum atomic E-state index is -0.217. The molecule has 0 unspecified atom stereocenters. The summed E-state index contributed by atoms with van der Waals surface area (Å²) in [6, 6.07) is 5.35. The summed E-state index contributed by atoms with van der Waals surface area (Å²) in [7, 11) is 0. The van der Waals surface area contributed by atoms with Gasteiger partial charge >= 0.3 is 0 Å². The SMILES string of the molecule is CCN(CC(=O)NC(C)C)C(=O)c1cccc(C)n1. The third-order valence-corrected chi connectivity index (χ3v) is 2.56. The molecule has 5 nitrogen and oxygen atoms in total. The summed E-state index contributed by atoms with van der Waals surface area (Å²) in [6.45, 7) is 7.98. The number of hydrogen-bond donors (Lipinski definition) is 1. The highest BCUT2D eigenvalue weighted by atomic mass is 16.2. The van der Waals surface area contributed by atoms with E-state index in [9.17, 15) is 9.59 Å². The topological polar surface area (TPSA) is 62.3 Å². The Morgan fingerprint density at radius 3 is 2.58 bits per heavy atom. The molecule has 0 aliphatic heterocycles. The first-order chi connectivity index (χ1) is 8.93. The van der Waals surface area contributed by atoms with Crippen LogP contribution in [0.4, 0.5) is 0 Å². The summed E-state index contributed by atoms with van der Waals surface area (Å²) in [5.74, 6) is -0.372. The van der Waals surface area contributed by atoms with Crippen molar-refractivity contribution in [2.24, 2.45) is 0 Å². The van der Waals surface area contributed by atoms with Gasteiger partial charge in [-0.05, 0) is 39.8 Å². The molecule has 0 aromatic carbocycles. The van der Waals surface area contributed by atoms with Gasteiger partial charge in [-0.15, -0.1) is 0 Å². The third kappa shape index (κ3) is 4.69. The van der Waals surface area contributed by atoms with Gasteiger partial charge in [-0.3, -0.25) is 9.59 Å². The molecule has 5 heteroatoms. The van der Waals surface area contributed by atoms with Crippen LogP contribution in [0.1, 0.15) is 37.0 Å². The Hall–Kier alpha value is -1.91. The minimum Gasteiger partial charge on any atom is -0.352 e. The molecule has 0 aliphatic rings. The average Bonchev–Trinajstić information content (AvgIpc) is 2.34. The Morgan fingerprint density at radius 1 is 1.37 bits per heavy atom. The normalized spacial score (nSPS) is 10.4. The fraction of sp³-hybridized carbons (Fsp3) is 0.500. The molecular formula is C14H21N3O2. The third-order valence-electron chi connectivity index (χ3n) is 2.56. The summed E-state index contributed by atoms with van der Waals surface area (Å²) >= 11 is 0. The van der Waals surface area contributed by atoms with Crippen LogP contribution in [0, 0.1) is 6.92 Å². The summed E-state index contributed by atoms with van der Waals surface area (Å²) in [5.41, 5.74) is 1.16. The lowest BCUT2D eigenvalue weighted by Gasteiger charge is -2.20. The van der Waals surface area contributed by atoms with Crippen molar-refractivity contribution in [2.75, 3.05) is 13.1 Å². The van der Waals surface area contributed by atoms with Crippen molar-refractivity contribution in [2.45, 2.75) is 33.7 Å². The van der Waals surface area contributed by atoms with Crippen LogP contribution in [0.2, 0.25) is 0 Å². The number of nitrogens with zero attached hydrogens (tertiary/aromatic N) is 2. The highest BCUT2D eigenvalue weighted by molar-refractivity contribution is 5.95. The second kappa shape index (κ2) is 6.87. The molecule has 1 N–H and O–H groups in total. The van der Waals surface area contributed by atoms with Crippen LogP contribution in [0.3, 0.4) is 0 Å². The summed E-state index contributed by atoms with van der Waals surface area (Å²) in [5, 5.41) is 2.77. The Labute approximate surface area is 114 Å². The number of aryl methyl sites for hydroxylation is 1. The van der Waals surface area contributed by atoms with E-state index >= 15 is 0 Å². The predicted molar refractivity (Wildman–Crippen MR) is 73.8 cm³/mol. The fourth-order valence-corrected chi connectivity index (χ4v) is 1.69. The number of hydrogen-bond acceptors (Lipinski definition) is 3. The van der Waals surface area contributed by atoms with Crippen LogP contribution >= 0.6 is 0 Å². The van der Waals surface area contributed by atoms with E-state index in [1.54, 1.807) is 12.1 Å². The summed E-state index contributed by atoms with van der Waals surface area (Å²) in [6.07, 6.45) is 0. The molecule has 0 saturated heterocycles. The van der Waals surface area contributed by atoms with Crippen molar-refractivity contribution in [3.8, 4) is 0 Å². The number of rotatable bonds is 5. The number of likely N-dealkylation sites (N-methyl/N-ethyl adjacent to an activating group) is 1. The zero-order valence-corrected chi connectivity index (χ0v) is 11.9. The average molecular weight is 263 g/mol. The first-order valence-electron chi connectivity index (χ1n) is 6.46. The fourth-order valence-electron chi connectivity index (χ4n) is 1.69. The Bertz CT molecular complexity index is 458. The van der Waals surface area contributed by atoms with Crippen molar-refractivity contribution in [3.05, 3.63) is 29.6 Å². The Kier molecular flexibility index (Phi) is 5.48. The summed E-state index contributed by atoms with van der Waals surface area (Å²) < 4.78 is 0. The zero-order valence-electron chi connectivity index (χ0n) is 11.9. The number of aromatic nitrogens is 1. The van der Waals surface area contributed by atoms with Crippen LogP contribution in [0.25, 0.3) is 0 Å². The van der Waals surface area contributed by atoms with Gasteiger partial charge in [-0.2, -0.15) is 0 Å². The first-order valence-corrected chi connectivity index (χ1v) is 6.46. The van der Waals surface area contributed by atoms with Gasteiger partial charge in [0, 0.05) is 18.3 Å². The van der Waals surface area contributed by atoms with E-state index in [0.717, 1.165) is 5.69 Å². The van der Waals surface area contributed by atoms with E-state index in [2.05, 4.69) is 10.3 Å². The van der Waals surface area contributed by atoms with Crippen molar-refractivity contribution < 1.29 is 9.59 Å². The molecule has 0 aliphatic carbocycles. The van der Waals surface area contributed by atoms with Crippen LogP contribution in [0.5, 0.6) is 0 Å². The molecule has 0 radical (unpaired) electrons. The zero-order chi connectivity index (χ0) is 14.4. The molecule has 0 bridgehead atoms. The molecule has 1 rings (SSSR count). The lowest BCUT2D eigenvalue weighted by atomic mass is 10.2. The number of carbonyl (C=O) groups excluding carboxylic acids is 2. The van der Waals surface area contributed by atoms with Gasteiger partial charge in [0.2, 0.25) is 5.91 Å². The van der Waals surface area contributed by atoms with Crippen LogP contribution in [-0.4, -0.2) is 40.8 Å². The molecule has 0 saturated carbocycles. The predicted octanol–water partition coefficient (Wildman–Crippen LogP) is 1.38. The molecule has 1 aromatic heterocycles. The van der Waals surface area contributed by atoms with Gasteiger partial charge in [0.05, 0.1) is 6.54 Å². The van der Waals surface area contributed by atoms with Gasteiger partial charge in [0.25, 0.3) is 5.91 Å². The minimum absolute atomic E-state index is 0.0587. The molecule has 0 spiro atoms. The van der Waals surface area contributed by atoms with E-state index in [0.29, 0.717) is 12.2 Å². The highest BCUT2D eigenvalue weighted by Gasteiger charge is 2.18. The van der Waals surface area contributed by atoms with E-state index in [1.807, 2.05) is 33.8 Å². The van der Waals surface area contributed by atoms with E-state index in [4.69, 9.17) is 0 Å². The monoisotopic (exact) mass is 263 g/mol. The molecule has 0 atom stereocenters. The van der Waals surface area contributed by atoms with Gasteiger partial charge in [-0.1, -0.05) is 6.07 Å². The standard InChI is InChI=1S/C14H21N3O2/c1-5-17(9-13(18)15-10(2)3)14(19)12-8-6-7-11(4)16-12/h6-8,10H,5,9H2,1-4H3,(H,15,18). The largest absolute Gasteiger partial charge is 0.352 e. The lowest BCUT2D eigenvalue weighted by Crippen LogP contribution is -2.42. The maximum Gasteiger partial charge on any atom is 0.272 e. The van der Waals surface area contributed by atoms with Crippen molar-refractivity contribution in [1.82, 2.24) is 15.2 Å². The molecule has 0 fully saturated rings. The summed E-state index contributed by atoms with van der Waals surface area (Å²) in [4.78, 5) is 29.6. The highest BCUT2D eigenvalue weighted by Crippen LogP contribution is 2.03.